The summed E-state index contributed by atoms with van der Waals surface area (Å²) >= 11 is 0. The number of hydrogen-bond donors (Lipinski definition) is 2. The Kier molecular flexibility index (Phi) is 7.56. The number of nitrogens with one attached hydrogen (secondary N) is 2. The van der Waals surface area contributed by atoms with Crippen molar-refractivity contribution in [2.45, 2.75) is 38.0 Å². The zero-order valence-electron chi connectivity index (χ0n) is 19.5. The highest BCUT2D eigenvalue weighted by atomic mass is 16.5. The van der Waals surface area contributed by atoms with Gasteiger partial charge in [-0.05, 0) is 25.0 Å². The summed E-state index contributed by atoms with van der Waals surface area (Å²) in [5, 5.41) is 6.05. The normalized spacial score (nSPS) is 19.5. The number of carbonyl (C=O) groups is 2. The molecule has 1 unspecified atom stereocenters. The first-order valence-corrected chi connectivity index (χ1v) is 11.6. The summed E-state index contributed by atoms with van der Waals surface area (Å²) < 4.78 is 11.4. The Balaban J connectivity index is 1.61. The molecule has 0 radical (unpaired) electrons. The van der Waals surface area contributed by atoms with Gasteiger partial charge in [-0.1, -0.05) is 12.8 Å². The SMILES string of the molecule is COc1ccc2cc1OCCCCCCC(=O)N(C)CCNc1ncnc3c1C(C=N2)C(=O)N3. The lowest BCUT2D eigenvalue weighted by atomic mass is 10.0. The van der Waals surface area contributed by atoms with Crippen molar-refractivity contribution in [3.8, 4) is 11.5 Å². The molecule has 1 atom stereocenters. The molecule has 1 aromatic carbocycles. The summed E-state index contributed by atoms with van der Waals surface area (Å²) in [6, 6.07) is 5.42. The third-order valence-electron chi connectivity index (χ3n) is 5.95. The van der Waals surface area contributed by atoms with E-state index in [2.05, 4.69) is 25.6 Å². The molecule has 2 amide bonds. The number of benzene rings is 1. The molecule has 0 saturated carbocycles. The number of nitrogens with zero attached hydrogens (tertiary/aromatic N) is 4. The molecule has 2 aromatic rings. The van der Waals surface area contributed by atoms with Crippen LogP contribution in [0.5, 0.6) is 11.5 Å². The van der Waals surface area contributed by atoms with Gasteiger partial charge in [0.05, 0.1) is 25.0 Å². The minimum absolute atomic E-state index is 0.115. The van der Waals surface area contributed by atoms with E-state index in [9.17, 15) is 9.59 Å². The number of likely N-dealkylation sites (N-methyl/N-ethyl adjacent to an activating group) is 1. The largest absolute Gasteiger partial charge is 0.493 e. The fourth-order valence-corrected chi connectivity index (χ4v) is 3.99. The highest BCUT2D eigenvalue weighted by molar-refractivity contribution is 6.13. The molecule has 10 nitrogen and oxygen atoms in total. The first-order chi connectivity index (χ1) is 16.6. The standard InChI is InChI=1S/C24H30N6O4/c1-30-11-10-25-22-21-17(24(32)29-23(21)28-15-27-22)14-26-16-8-9-18(33-2)19(13-16)34-12-6-4-3-5-7-20(30)31/h8-9,13-15,17H,3-7,10-12H2,1-2H3,(H2,25,27,28,29,32). The van der Waals surface area contributed by atoms with E-state index in [0.29, 0.717) is 60.5 Å². The van der Waals surface area contributed by atoms with Gasteiger partial charge in [0, 0.05) is 38.8 Å². The van der Waals surface area contributed by atoms with E-state index in [1.165, 1.54) is 6.33 Å². The van der Waals surface area contributed by atoms with Crippen molar-refractivity contribution in [2.75, 3.05) is 44.5 Å². The van der Waals surface area contributed by atoms with Gasteiger partial charge < -0.3 is 25.0 Å². The average Bonchev–Trinajstić information content (AvgIpc) is 3.17. The summed E-state index contributed by atoms with van der Waals surface area (Å²) in [7, 11) is 3.40. The van der Waals surface area contributed by atoms with E-state index in [1.54, 1.807) is 37.4 Å². The van der Waals surface area contributed by atoms with Crippen molar-refractivity contribution in [1.29, 1.82) is 0 Å². The lowest BCUT2D eigenvalue weighted by Gasteiger charge is -2.18. The van der Waals surface area contributed by atoms with Crippen LogP contribution < -0.4 is 20.1 Å². The third kappa shape index (κ3) is 5.44. The zero-order chi connectivity index (χ0) is 23.9. The molecule has 2 aliphatic rings. The molecular weight excluding hydrogens is 436 g/mol. The van der Waals surface area contributed by atoms with E-state index in [0.717, 1.165) is 25.7 Å². The Morgan fingerprint density at radius 3 is 2.79 bits per heavy atom. The van der Waals surface area contributed by atoms with Crippen LogP contribution in [-0.4, -0.2) is 66.8 Å². The monoisotopic (exact) mass is 466 g/mol. The number of ether oxygens (including phenoxy) is 2. The summed E-state index contributed by atoms with van der Waals surface area (Å²) in [5.74, 6) is 1.49. The number of aromatic nitrogens is 2. The van der Waals surface area contributed by atoms with Crippen molar-refractivity contribution in [1.82, 2.24) is 14.9 Å². The van der Waals surface area contributed by atoms with Gasteiger partial charge in [-0.2, -0.15) is 0 Å². The van der Waals surface area contributed by atoms with Crippen molar-refractivity contribution >= 4 is 35.4 Å². The van der Waals surface area contributed by atoms with Gasteiger partial charge in [-0.15, -0.1) is 0 Å². The molecule has 3 heterocycles. The number of methoxy groups -OCH3 is 1. The maximum absolute atomic E-state index is 12.7. The summed E-state index contributed by atoms with van der Waals surface area (Å²) in [6.45, 7) is 1.57. The van der Waals surface area contributed by atoms with Crippen molar-refractivity contribution in [2.24, 2.45) is 4.99 Å². The molecule has 1 aromatic heterocycles. The van der Waals surface area contributed by atoms with E-state index in [4.69, 9.17) is 9.47 Å². The van der Waals surface area contributed by atoms with E-state index in [1.807, 2.05) is 6.07 Å². The minimum atomic E-state index is -0.643. The Hall–Kier alpha value is -3.69. The number of fused-ring (bicyclic) bond motifs is 2. The highest BCUT2D eigenvalue weighted by Gasteiger charge is 2.33. The summed E-state index contributed by atoms with van der Waals surface area (Å²) in [5.41, 5.74) is 1.29. The van der Waals surface area contributed by atoms with Crippen LogP contribution in [0.25, 0.3) is 0 Å². The van der Waals surface area contributed by atoms with Crippen LogP contribution in [0.4, 0.5) is 17.3 Å². The van der Waals surface area contributed by atoms with Crippen LogP contribution in [0.1, 0.15) is 43.6 Å². The minimum Gasteiger partial charge on any atom is -0.493 e. The number of anilines is 2. The van der Waals surface area contributed by atoms with Crippen LogP contribution in [0.15, 0.2) is 29.5 Å². The van der Waals surface area contributed by atoms with Gasteiger partial charge >= 0.3 is 0 Å². The van der Waals surface area contributed by atoms with Gasteiger partial charge in [0.2, 0.25) is 11.8 Å². The van der Waals surface area contributed by atoms with E-state index >= 15 is 0 Å². The first-order valence-electron chi connectivity index (χ1n) is 11.6. The van der Waals surface area contributed by atoms with Crippen LogP contribution in [0, 0.1) is 0 Å². The predicted octanol–water partition coefficient (Wildman–Crippen LogP) is 3.14. The highest BCUT2D eigenvalue weighted by Crippen LogP contribution is 2.36. The maximum Gasteiger partial charge on any atom is 0.238 e. The van der Waals surface area contributed by atoms with Crippen molar-refractivity contribution in [3.05, 3.63) is 30.1 Å². The number of aliphatic imine (C=N–C) groups is 1. The molecule has 0 aliphatic carbocycles. The van der Waals surface area contributed by atoms with E-state index in [-0.39, 0.29) is 11.8 Å². The molecule has 0 fully saturated rings. The number of hydrogen-bond acceptors (Lipinski definition) is 8. The average molecular weight is 467 g/mol. The van der Waals surface area contributed by atoms with Crippen molar-refractivity contribution < 1.29 is 19.1 Å². The quantitative estimate of drug-likeness (QED) is 0.663. The number of amides is 2. The summed E-state index contributed by atoms with van der Waals surface area (Å²) in [4.78, 5) is 39.9. The van der Waals surface area contributed by atoms with E-state index < -0.39 is 5.92 Å². The van der Waals surface area contributed by atoms with Gasteiger partial charge in [0.15, 0.2) is 11.5 Å². The molecule has 4 rings (SSSR count). The smallest absolute Gasteiger partial charge is 0.238 e. The van der Waals surface area contributed by atoms with Crippen LogP contribution >= 0.6 is 0 Å². The molecule has 2 N–H and O–H groups in total. The van der Waals surface area contributed by atoms with Gasteiger partial charge in [-0.25, -0.2) is 9.97 Å². The second-order valence-corrected chi connectivity index (χ2v) is 8.32. The molecule has 2 bridgehead atoms. The molecule has 180 valence electrons. The van der Waals surface area contributed by atoms with Gasteiger partial charge in [-0.3, -0.25) is 14.6 Å². The second-order valence-electron chi connectivity index (χ2n) is 8.32. The second kappa shape index (κ2) is 11.0. The van der Waals surface area contributed by atoms with Crippen molar-refractivity contribution in [3.63, 3.8) is 0 Å². The lowest BCUT2D eigenvalue weighted by molar-refractivity contribution is -0.129. The Bertz CT molecular complexity index is 1070. The van der Waals surface area contributed by atoms with Gasteiger partial charge in [0.1, 0.15) is 23.9 Å². The predicted molar refractivity (Wildman–Crippen MR) is 129 cm³/mol. The molecule has 0 saturated heterocycles. The Morgan fingerprint density at radius 1 is 1.12 bits per heavy atom. The van der Waals surface area contributed by atoms with Crippen LogP contribution in [0.2, 0.25) is 0 Å². The topological polar surface area (TPSA) is 118 Å². The van der Waals surface area contributed by atoms with Gasteiger partial charge in [0.25, 0.3) is 0 Å². The fraction of sp³-hybridized carbons (Fsp3) is 0.458. The molecule has 34 heavy (non-hydrogen) atoms. The fourth-order valence-electron chi connectivity index (χ4n) is 3.99. The molecule has 10 heteroatoms. The molecule has 0 spiro atoms. The number of carbonyl (C=O) groups excluding carboxylic acids is 2. The Labute approximate surface area is 198 Å². The third-order valence-corrected chi connectivity index (χ3v) is 5.95. The van der Waals surface area contributed by atoms with Crippen LogP contribution in [0.3, 0.4) is 0 Å². The van der Waals surface area contributed by atoms with Crippen LogP contribution in [-0.2, 0) is 9.59 Å². The maximum atomic E-state index is 12.7. The number of rotatable bonds is 1. The lowest BCUT2D eigenvalue weighted by Crippen LogP contribution is -2.31. The summed E-state index contributed by atoms with van der Waals surface area (Å²) in [6.07, 6.45) is 7.20. The molecular formula is C24H30N6O4. The molecule has 2 aliphatic heterocycles. The first kappa shape index (κ1) is 23.5. The zero-order valence-corrected chi connectivity index (χ0v) is 19.5. The Morgan fingerprint density at radius 2 is 1.94 bits per heavy atom.